The van der Waals surface area contributed by atoms with Crippen LogP contribution >= 0.6 is 0 Å². The fourth-order valence-electron chi connectivity index (χ4n) is 11.6. The number of benzene rings is 13. The van der Waals surface area contributed by atoms with Gasteiger partial charge in [-0.3, -0.25) is 0 Å². The first-order valence-corrected chi connectivity index (χ1v) is 25.0. The summed E-state index contributed by atoms with van der Waals surface area (Å²) in [7, 11) is 0. The fourth-order valence-corrected chi connectivity index (χ4v) is 11.6. The van der Waals surface area contributed by atoms with Gasteiger partial charge in [0.2, 0.25) is 0 Å². The zero-order valence-corrected chi connectivity index (χ0v) is 39.6. The Kier molecular flexibility index (Phi) is 9.26. The molecule has 13 aromatic carbocycles. The molecule has 15 aromatic rings. The predicted octanol–water partition coefficient (Wildman–Crippen LogP) is 20.2. The summed E-state index contributed by atoms with van der Waals surface area (Å²) in [5.41, 5.74) is 15.6. The molecule has 0 unspecified atom stereocenters. The van der Waals surface area contributed by atoms with Crippen LogP contribution in [0.15, 0.2) is 270 Å². The molecule has 0 atom stereocenters. The van der Waals surface area contributed by atoms with E-state index >= 15 is 0 Å². The minimum atomic E-state index is 0.885. The molecule has 0 bridgehead atoms. The van der Waals surface area contributed by atoms with E-state index < -0.39 is 0 Å². The van der Waals surface area contributed by atoms with Gasteiger partial charge >= 0.3 is 0 Å². The van der Waals surface area contributed by atoms with Crippen LogP contribution in [0.4, 0.5) is 17.1 Å². The lowest BCUT2D eigenvalue weighted by Gasteiger charge is -2.27. The van der Waals surface area contributed by atoms with Crippen molar-refractivity contribution in [1.82, 2.24) is 0 Å². The van der Waals surface area contributed by atoms with Crippen LogP contribution in [0.5, 0.6) is 0 Å². The van der Waals surface area contributed by atoms with E-state index in [1.165, 1.54) is 59.8 Å². The second-order valence-corrected chi connectivity index (χ2v) is 19.2. The highest BCUT2D eigenvalue weighted by Gasteiger charge is 2.23. The largest absolute Gasteiger partial charge is 0.455 e. The van der Waals surface area contributed by atoms with Crippen molar-refractivity contribution in [2.24, 2.45) is 0 Å². The summed E-state index contributed by atoms with van der Waals surface area (Å²) in [5.74, 6) is 0. The smallest absolute Gasteiger partial charge is 0.143 e. The van der Waals surface area contributed by atoms with E-state index in [1.807, 2.05) is 0 Å². The first kappa shape index (κ1) is 41.1. The molecule has 0 fully saturated rings. The zero-order valence-electron chi connectivity index (χ0n) is 39.6. The lowest BCUT2D eigenvalue weighted by atomic mass is 9.94. The highest BCUT2D eigenvalue weighted by atomic mass is 16.3. The van der Waals surface area contributed by atoms with Gasteiger partial charge < -0.3 is 13.7 Å². The van der Waals surface area contributed by atoms with Crippen molar-refractivity contribution in [2.45, 2.75) is 0 Å². The normalized spacial score (nSPS) is 11.8. The Morgan fingerprint density at radius 3 is 1.14 bits per heavy atom. The van der Waals surface area contributed by atoms with Crippen LogP contribution in [0.1, 0.15) is 0 Å². The Morgan fingerprint density at radius 1 is 0.233 bits per heavy atom. The molecule has 3 nitrogen and oxygen atoms in total. The molecular weight excluding hydrogens is 887 g/mol. The molecule has 2 heterocycles. The third-order valence-electron chi connectivity index (χ3n) is 15.0. The zero-order chi connectivity index (χ0) is 48.0. The third kappa shape index (κ3) is 6.67. The molecule has 0 amide bonds. The molecule has 0 spiro atoms. The molecule has 73 heavy (non-hydrogen) atoms. The van der Waals surface area contributed by atoms with Gasteiger partial charge in [0.25, 0.3) is 0 Å². The Labute approximate surface area is 421 Å². The van der Waals surface area contributed by atoms with Crippen molar-refractivity contribution < 1.29 is 8.83 Å². The molecule has 340 valence electrons. The van der Waals surface area contributed by atoms with Crippen LogP contribution in [0.2, 0.25) is 0 Å². The Morgan fingerprint density at radius 2 is 0.630 bits per heavy atom. The monoisotopic (exact) mass is 929 g/mol. The molecular formula is C70H43NO2. The summed E-state index contributed by atoms with van der Waals surface area (Å²) in [6.07, 6.45) is 0. The molecule has 0 aliphatic carbocycles. The summed E-state index contributed by atoms with van der Waals surface area (Å²) in [4.78, 5) is 2.38. The maximum absolute atomic E-state index is 6.97. The van der Waals surface area contributed by atoms with Crippen molar-refractivity contribution in [3.63, 3.8) is 0 Å². The molecule has 0 saturated carbocycles. The molecule has 0 aliphatic rings. The van der Waals surface area contributed by atoms with Gasteiger partial charge in [-0.1, -0.05) is 194 Å². The summed E-state index contributed by atoms with van der Waals surface area (Å²) in [6, 6.07) is 94.1. The van der Waals surface area contributed by atoms with Crippen LogP contribution < -0.4 is 4.90 Å². The Bertz CT molecular complexity index is 4440. The van der Waals surface area contributed by atoms with Crippen molar-refractivity contribution in [3.05, 3.63) is 261 Å². The second-order valence-electron chi connectivity index (χ2n) is 19.2. The van der Waals surface area contributed by atoms with Gasteiger partial charge in [0.05, 0.1) is 0 Å². The van der Waals surface area contributed by atoms with Crippen molar-refractivity contribution >= 4 is 104 Å². The first-order chi connectivity index (χ1) is 36.2. The van der Waals surface area contributed by atoms with Gasteiger partial charge in [0.1, 0.15) is 22.3 Å². The van der Waals surface area contributed by atoms with E-state index in [4.69, 9.17) is 8.83 Å². The number of rotatable bonds is 7. The Hall–Kier alpha value is -9.70. The van der Waals surface area contributed by atoms with E-state index in [1.54, 1.807) is 0 Å². The molecule has 15 rings (SSSR count). The average Bonchev–Trinajstić information content (AvgIpc) is 4.07. The number of furan rings is 2. The summed E-state index contributed by atoms with van der Waals surface area (Å²) in [5, 5.41) is 14.1. The number of nitrogens with zero attached hydrogens (tertiary/aromatic N) is 1. The van der Waals surface area contributed by atoms with Crippen molar-refractivity contribution in [2.75, 3.05) is 4.90 Å². The fraction of sp³-hybridized carbons (Fsp3) is 0. The highest BCUT2D eigenvalue weighted by Crippen LogP contribution is 2.47. The predicted molar refractivity (Wildman–Crippen MR) is 307 cm³/mol. The van der Waals surface area contributed by atoms with E-state index in [0.717, 1.165) is 88.8 Å². The van der Waals surface area contributed by atoms with Crippen LogP contribution in [0.3, 0.4) is 0 Å². The van der Waals surface area contributed by atoms with Crippen LogP contribution in [-0.2, 0) is 0 Å². The molecule has 0 N–H and O–H groups in total. The number of hydrogen-bond donors (Lipinski definition) is 0. The van der Waals surface area contributed by atoms with Gasteiger partial charge in [0.15, 0.2) is 0 Å². The maximum Gasteiger partial charge on any atom is 0.143 e. The molecule has 0 aliphatic heterocycles. The van der Waals surface area contributed by atoms with Crippen LogP contribution in [0, 0.1) is 0 Å². The minimum Gasteiger partial charge on any atom is -0.455 e. The van der Waals surface area contributed by atoms with Gasteiger partial charge in [0, 0.05) is 49.7 Å². The van der Waals surface area contributed by atoms with Crippen molar-refractivity contribution in [1.29, 1.82) is 0 Å². The quantitative estimate of drug-likeness (QED) is 0.159. The first-order valence-electron chi connectivity index (χ1n) is 25.0. The number of hydrogen-bond acceptors (Lipinski definition) is 3. The Balaban J connectivity index is 0.928. The SMILES string of the molecule is c1ccc(-c2cccc(-c3ccc(N(c4cccc(-c5cc6ccccc6c6c5oc5ccc7ccccc7c56)c4)c4cccc(-c5cc6ccccc6c6c5oc5ccc7ccccc7c56)c4)cc3)c2)cc1. The molecule has 3 heteroatoms. The topological polar surface area (TPSA) is 29.5 Å². The highest BCUT2D eigenvalue weighted by molar-refractivity contribution is 6.30. The van der Waals surface area contributed by atoms with Crippen LogP contribution in [-0.4, -0.2) is 0 Å². The van der Waals surface area contributed by atoms with Gasteiger partial charge in [-0.15, -0.1) is 0 Å². The lowest BCUT2D eigenvalue weighted by Crippen LogP contribution is -2.10. The molecule has 0 radical (unpaired) electrons. The van der Waals surface area contributed by atoms with E-state index in [2.05, 4.69) is 266 Å². The van der Waals surface area contributed by atoms with E-state index in [-0.39, 0.29) is 0 Å². The minimum absolute atomic E-state index is 0.885. The van der Waals surface area contributed by atoms with Gasteiger partial charge in [-0.05, 0) is 143 Å². The standard InChI is InChI=1S/C70H43NO2/c1-2-15-44(16-3-1)48-21-12-22-49(39-48)45-31-35-54(36-32-45)71(55-25-13-23-50(40-55)61-42-52-19-6-10-29-59(52)67-65-57-27-8-4-17-46(57)33-37-63(65)72-69(61)67)56-26-14-24-51(41-56)62-43-53-20-7-11-30-60(53)68-66-58-28-9-5-18-47(58)34-38-64(66)73-70(62)68/h1-43H. The lowest BCUT2D eigenvalue weighted by molar-refractivity contribution is 0.670. The summed E-state index contributed by atoms with van der Waals surface area (Å²) >= 11 is 0. The summed E-state index contributed by atoms with van der Waals surface area (Å²) < 4.78 is 13.9. The van der Waals surface area contributed by atoms with Crippen molar-refractivity contribution in [3.8, 4) is 44.5 Å². The average molecular weight is 930 g/mol. The van der Waals surface area contributed by atoms with Crippen LogP contribution in [0.25, 0.3) is 131 Å². The summed E-state index contributed by atoms with van der Waals surface area (Å²) in [6.45, 7) is 0. The van der Waals surface area contributed by atoms with Gasteiger partial charge in [-0.2, -0.15) is 0 Å². The van der Waals surface area contributed by atoms with E-state index in [0.29, 0.717) is 0 Å². The number of fused-ring (bicyclic) bond motifs is 14. The second kappa shape index (κ2) is 16.4. The number of anilines is 3. The molecule has 2 aromatic heterocycles. The van der Waals surface area contributed by atoms with Gasteiger partial charge in [-0.25, -0.2) is 0 Å². The molecule has 0 saturated heterocycles. The maximum atomic E-state index is 6.97. The third-order valence-corrected chi connectivity index (χ3v) is 15.0. The van der Waals surface area contributed by atoms with E-state index in [9.17, 15) is 0 Å².